The molecule has 0 radical (unpaired) electrons. The van der Waals surface area contributed by atoms with Crippen LogP contribution in [0.1, 0.15) is 32.6 Å². The Kier molecular flexibility index (Phi) is 9.63. The van der Waals surface area contributed by atoms with E-state index in [2.05, 4.69) is 21.3 Å². The summed E-state index contributed by atoms with van der Waals surface area (Å²) in [6.07, 6.45) is 7.53. The minimum Gasteiger partial charge on any atom is -0.460 e. The molecule has 7 nitrogen and oxygen atoms in total. The van der Waals surface area contributed by atoms with Crippen LogP contribution in [0.3, 0.4) is 0 Å². The van der Waals surface area contributed by atoms with Crippen molar-refractivity contribution in [2.75, 3.05) is 13.2 Å². The molecule has 2 atom stereocenters. The van der Waals surface area contributed by atoms with Gasteiger partial charge in [-0.15, -0.1) is 0 Å². The fraction of sp³-hybridized carbons (Fsp3) is 0.643. The number of isocyanates is 2. The number of hydrogen-bond donors (Lipinski definition) is 1. The first-order chi connectivity index (χ1) is 10.0. The van der Waals surface area contributed by atoms with Crippen LogP contribution in [0.5, 0.6) is 0 Å². The van der Waals surface area contributed by atoms with E-state index in [0.29, 0.717) is 6.42 Å². The van der Waals surface area contributed by atoms with Crippen LogP contribution in [0.15, 0.2) is 22.6 Å². The van der Waals surface area contributed by atoms with E-state index in [0.717, 1.165) is 25.3 Å². The van der Waals surface area contributed by atoms with Crippen molar-refractivity contribution in [2.45, 2.75) is 44.2 Å². The van der Waals surface area contributed by atoms with E-state index in [1.807, 2.05) is 6.92 Å². The van der Waals surface area contributed by atoms with Crippen molar-refractivity contribution in [3.63, 3.8) is 0 Å². The van der Waals surface area contributed by atoms with E-state index >= 15 is 0 Å². The van der Waals surface area contributed by atoms with E-state index in [1.165, 1.54) is 0 Å². The Labute approximate surface area is 123 Å². The van der Waals surface area contributed by atoms with Crippen LogP contribution in [0.25, 0.3) is 0 Å². The van der Waals surface area contributed by atoms with Crippen LogP contribution < -0.4 is 0 Å². The van der Waals surface area contributed by atoms with Crippen molar-refractivity contribution in [3.8, 4) is 0 Å². The number of esters is 1. The molecule has 0 aromatic rings. The lowest BCUT2D eigenvalue weighted by molar-refractivity contribution is -0.138. The number of aliphatic imine (C=N–C) groups is 2. The maximum atomic E-state index is 10.1. The molecule has 1 N–H and O–H groups in total. The summed E-state index contributed by atoms with van der Waals surface area (Å²) in [5.74, 6) is -0.501. The highest BCUT2D eigenvalue weighted by molar-refractivity contribution is 5.81. The smallest absolute Gasteiger partial charge is 0.330 e. The molecule has 2 unspecified atom stereocenters. The second kappa shape index (κ2) is 10.7. The second-order valence-corrected chi connectivity index (χ2v) is 4.77. The number of carbonyl (C=O) groups excluding carboxylic acids is 3. The zero-order valence-corrected chi connectivity index (χ0v) is 12.1. The summed E-state index contributed by atoms with van der Waals surface area (Å²) in [6.45, 7) is 4.96. The lowest BCUT2D eigenvalue weighted by atomic mass is 9.81. The van der Waals surface area contributed by atoms with Gasteiger partial charge in [0.25, 0.3) is 0 Å². The van der Waals surface area contributed by atoms with Crippen molar-refractivity contribution in [3.05, 3.63) is 12.7 Å². The average molecular weight is 296 g/mol. The Bertz CT molecular complexity index is 439. The molecule has 0 saturated heterocycles. The Hall–Kier alpha value is -2.07. The minimum atomic E-state index is -0.501. The van der Waals surface area contributed by atoms with Gasteiger partial charge in [-0.2, -0.15) is 4.99 Å². The summed E-state index contributed by atoms with van der Waals surface area (Å²) in [7, 11) is 0. The normalized spacial score (nSPS) is 23.4. The monoisotopic (exact) mass is 296 g/mol. The molecule has 0 spiro atoms. The average Bonchev–Trinajstić information content (AvgIpc) is 2.46. The molecule has 1 aliphatic carbocycles. The minimum absolute atomic E-state index is 0.0200. The molecule has 0 aliphatic heterocycles. The molecule has 0 bridgehead atoms. The van der Waals surface area contributed by atoms with Gasteiger partial charge in [-0.3, -0.25) is 0 Å². The number of rotatable bonds is 5. The maximum Gasteiger partial charge on any atom is 0.330 e. The van der Waals surface area contributed by atoms with Gasteiger partial charge in [0.05, 0.1) is 18.2 Å². The Morgan fingerprint density at radius 3 is 2.76 bits per heavy atom. The summed E-state index contributed by atoms with van der Waals surface area (Å²) < 4.78 is 4.33. The van der Waals surface area contributed by atoms with E-state index in [1.54, 1.807) is 12.2 Å². The number of ether oxygens (including phenoxy) is 1. The zero-order chi connectivity index (χ0) is 16.1. The molecule has 1 rings (SSSR count). The molecular weight excluding hydrogens is 276 g/mol. The van der Waals surface area contributed by atoms with Crippen molar-refractivity contribution in [1.29, 1.82) is 0 Å². The fourth-order valence-electron chi connectivity index (χ4n) is 2.03. The standard InChI is InChI=1S/C9H12N2O2.C5H8O3/c1-9(11-7-13)4-2-3-8(5-9)10-6-12;1-2-5(7)8-4-3-6/h8H,2-5H2,1H3;2,6H,1,3-4H2. The van der Waals surface area contributed by atoms with Crippen LogP contribution in [0.4, 0.5) is 0 Å². The van der Waals surface area contributed by atoms with Crippen molar-refractivity contribution in [2.24, 2.45) is 9.98 Å². The first-order valence-electron chi connectivity index (χ1n) is 6.57. The second-order valence-electron chi connectivity index (χ2n) is 4.77. The van der Waals surface area contributed by atoms with Gasteiger partial charge >= 0.3 is 5.97 Å². The topological polar surface area (TPSA) is 105 Å². The first kappa shape index (κ1) is 18.9. The van der Waals surface area contributed by atoms with Gasteiger partial charge in [0.15, 0.2) is 0 Å². The summed E-state index contributed by atoms with van der Waals surface area (Å²) in [6, 6.07) is -0.0200. The Morgan fingerprint density at radius 1 is 1.52 bits per heavy atom. The predicted octanol–water partition coefficient (Wildman–Crippen LogP) is 1.07. The summed E-state index contributed by atoms with van der Waals surface area (Å²) >= 11 is 0. The van der Waals surface area contributed by atoms with Crippen molar-refractivity contribution in [1.82, 2.24) is 0 Å². The lowest BCUT2D eigenvalue weighted by Gasteiger charge is -2.31. The molecule has 116 valence electrons. The number of aliphatic hydroxyl groups is 1. The highest BCUT2D eigenvalue weighted by Gasteiger charge is 2.31. The van der Waals surface area contributed by atoms with Crippen LogP contribution in [0.2, 0.25) is 0 Å². The Balaban J connectivity index is 0.000000433. The molecular formula is C14H20N2O5. The number of carbonyl (C=O) groups is 1. The zero-order valence-electron chi connectivity index (χ0n) is 12.1. The van der Waals surface area contributed by atoms with Gasteiger partial charge in [-0.05, 0) is 32.6 Å². The summed E-state index contributed by atoms with van der Waals surface area (Å²) in [4.78, 5) is 37.7. The van der Waals surface area contributed by atoms with Crippen molar-refractivity contribution < 1.29 is 24.2 Å². The SMILES string of the molecule is C=CC(=O)OCCO.CC1(N=C=O)CCCC(N=C=O)C1. The third kappa shape index (κ3) is 8.65. The van der Waals surface area contributed by atoms with Gasteiger partial charge in [0, 0.05) is 6.08 Å². The number of hydrogen-bond acceptors (Lipinski definition) is 7. The predicted molar refractivity (Wildman–Crippen MR) is 75.1 cm³/mol. The number of aliphatic hydroxyl groups excluding tert-OH is 1. The maximum absolute atomic E-state index is 10.1. The highest BCUT2D eigenvalue weighted by atomic mass is 16.5. The molecule has 7 heteroatoms. The van der Waals surface area contributed by atoms with Gasteiger partial charge < -0.3 is 9.84 Å². The van der Waals surface area contributed by atoms with E-state index in [-0.39, 0.29) is 24.8 Å². The highest BCUT2D eigenvalue weighted by Crippen LogP contribution is 2.32. The molecule has 1 aliphatic rings. The number of nitrogens with zero attached hydrogens (tertiary/aromatic N) is 2. The summed E-state index contributed by atoms with van der Waals surface area (Å²) in [5.41, 5.74) is -0.370. The van der Waals surface area contributed by atoms with E-state index in [4.69, 9.17) is 5.11 Å². The molecule has 0 aromatic heterocycles. The van der Waals surface area contributed by atoms with Crippen LogP contribution in [-0.4, -0.2) is 48.0 Å². The van der Waals surface area contributed by atoms with Crippen molar-refractivity contribution >= 4 is 18.1 Å². The van der Waals surface area contributed by atoms with Crippen LogP contribution in [0, 0.1) is 0 Å². The first-order valence-corrected chi connectivity index (χ1v) is 6.57. The van der Waals surface area contributed by atoms with Crippen LogP contribution in [-0.2, 0) is 19.1 Å². The fourth-order valence-corrected chi connectivity index (χ4v) is 2.03. The molecule has 0 aromatic carbocycles. The van der Waals surface area contributed by atoms with E-state index < -0.39 is 5.97 Å². The van der Waals surface area contributed by atoms with Gasteiger partial charge in [0.2, 0.25) is 12.2 Å². The molecule has 1 fully saturated rings. The Morgan fingerprint density at radius 2 is 2.24 bits per heavy atom. The van der Waals surface area contributed by atoms with Gasteiger partial charge in [-0.1, -0.05) is 6.58 Å². The molecule has 0 heterocycles. The van der Waals surface area contributed by atoms with E-state index in [9.17, 15) is 14.4 Å². The summed E-state index contributed by atoms with van der Waals surface area (Å²) in [5, 5.41) is 8.10. The molecule has 21 heavy (non-hydrogen) atoms. The third-order valence-electron chi connectivity index (χ3n) is 2.98. The quantitative estimate of drug-likeness (QED) is 0.353. The van der Waals surface area contributed by atoms with Gasteiger partial charge in [-0.25, -0.2) is 19.4 Å². The third-order valence-corrected chi connectivity index (χ3v) is 2.98. The van der Waals surface area contributed by atoms with Crippen LogP contribution >= 0.6 is 0 Å². The van der Waals surface area contributed by atoms with Gasteiger partial charge in [0.1, 0.15) is 6.61 Å². The largest absolute Gasteiger partial charge is 0.460 e. The lowest BCUT2D eigenvalue weighted by Crippen LogP contribution is -2.32. The molecule has 1 saturated carbocycles. The molecule has 0 amide bonds.